The summed E-state index contributed by atoms with van der Waals surface area (Å²) in [5.74, 6) is -1.20. The van der Waals surface area contributed by atoms with Gasteiger partial charge in [-0.15, -0.1) is 0 Å². The van der Waals surface area contributed by atoms with Gasteiger partial charge in [-0.3, -0.25) is 4.68 Å². The molecule has 0 saturated carbocycles. The predicted octanol–water partition coefficient (Wildman–Crippen LogP) is 2.54. The summed E-state index contributed by atoms with van der Waals surface area (Å²) in [6.45, 7) is 4.03. The van der Waals surface area contributed by atoms with E-state index in [0.717, 1.165) is 12.1 Å². The zero-order chi connectivity index (χ0) is 14.7. The summed E-state index contributed by atoms with van der Waals surface area (Å²) < 4.78 is 20.0. The molecule has 106 valence electrons. The van der Waals surface area contributed by atoms with Crippen LogP contribution in [-0.2, 0) is 11.3 Å². The van der Waals surface area contributed by atoms with Gasteiger partial charge in [0.2, 0.25) is 0 Å². The van der Waals surface area contributed by atoms with E-state index in [0.29, 0.717) is 5.69 Å². The summed E-state index contributed by atoms with van der Waals surface area (Å²) in [6.07, 6.45) is 1.81. The number of hydrogen-bond donors (Lipinski definition) is 1. The van der Waals surface area contributed by atoms with Crippen LogP contribution in [0.5, 0.6) is 0 Å². The molecule has 1 aromatic heterocycles. The lowest BCUT2D eigenvalue weighted by Gasteiger charge is -2.05. The van der Waals surface area contributed by atoms with E-state index in [-0.39, 0.29) is 23.9 Å². The predicted molar refractivity (Wildman–Crippen MR) is 72.5 cm³/mol. The average molecular weight is 277 g/mol. The Kier molecular flexibility index (Phi) is 4.02. The van der Waals surface area contributed by atoms with E-state index in [1.807, 2.05) is 20.0 Å². The van der Waals surface area contributed by atoms with E-state index < -0.39 is 11.8 Å². The number of nitrogens with two attached hydrogens (primary N) is 1. The molecule has 2 rings (SSSR count). The number of carbonyl (C=O) groups is 1. The van der Waals surface area contributed by atoms with Gasteiger partial charge in [0, 0.05) is 17.9 Å². The van der Waals surface area contributed by atoms with Crippen LogP contribution < -0.4 is 5.73 Å². The minimum absolute atomic E-state index is 0.0367. The van der Waals surface area contributed by atoms with E-state index >= 15 is 0 Å². The minimum atomic E-state index is -0.629. The number of ether oxygens (including phenoxy) is 1. The second-order valence-electron chi connectivity index (χ2n) is 4.73. The zero-order valence-electron chi connectivity index (χ0n) is 11.3. The van der Waals surface area contributed by atoms with Crippen molar-refractivity contribution in [1.29, 1.82) is 0 Å². The lowest BCUT2D eigenvalue weighted by Crippen LogP contribution is -2.08. The smallest absolute Gasteiger partial charge is 0.338 e. The van der Waals surface area contributed by atoms with Gasteiger partial charge in [-0.25, -0.2) is 9.18 Å². The molecule has 2 aromatic rings. The summed E-state index contributed by atoms with van der Waals surface area (Å²) in [6, 6.07) is 5.61. The molecule has 0 aliphatic heterocycles. The van der Waals surface area contributed by atoms with Crippen molar-refractivity contribution < 1.29 is 13.9 Å². The third-order valence-electron chi connectivity index (χ3n) is 2.70. The van der Waals surface area contributed by atoms with E-state index in [1.165, 1.54) is 6.07 Å². The third kappa shape index (κ3) is 3.34. The maximum atomic E-state index is 13.1. The number of esters is 1. The van der Waals surface area contributed by atoms with Crippen LogP contribution in [0.3, 0.4) is 0 Å². The first kappa shape index (κ1) is 14.0. The van der Waals surface area contributed by atoms with Crippen LogP contribution in [0.2, 0.25) is 0 Å². The van der Waals surface area contributed by atoms with Crippen molar-refractivity contribution in [2.45, 2.75) is 26.5 Å². The van der Waals surface area contributed by atoms with E-state index in [1.54, 1.807) is 10.7 Å². The number of carbonyl (C=O) groups excluding carboxylic acids is 1. The Morgan fingerprint density at radius 3 is 2.80 bits per heavy atom. The summed E-state index contributed by atoms with van der Waals surface area (Å²) in [7, 11) is 0. The fraction of sp³-hybridized carbons (Fsp3) is 0.286. The monoisotopic (exact) mass is 277 g/mol. The van der Waals surface area contributed by atoms with Gasteiger partial charge in [0.25, 0.3) is 0 Å². The van der Waals surface area contributed by atoms with Crippen LogP contribution in [0.25, 0.3) is 0 Å². The van der Waals surface area contributed by atoms with E-state index in [4.69, 9.17) is 10.5 Å². The summed E-state index contributed by atoms with van der Waals surface area (Å²) >= 11 is 0. The number of nitrogens with zero attached hydrogens (tertiary/aromatic N) is 2. The normalized spacial score (nSPS) is 10.8. The van der Waals surface area contributed by atoms with Crippen LogP contribution in [-0.4, -0.2) is 15.7 Å². The first-order valence-corrected chi connectivity index (χ1v) is 6.23. The highest BCUT2D eigenvalue weighted by atomic mass is 19.1. The standard InChI is InChI=1S/C14H16FN3O2/c1-9(2)18-4-3-13(17-18)8-20-14(19)10-5-11(15)7-12(16)6-10/h3-7,9H,8,16H2,1-2H3. The van der Waals surface area contributed by atoms with Gasteiger partial charge in [0.05, 0.1) is 11.3 Å². The molecule has 0 spiro atoms. The Hall–Kier alpha value is -2.37. The van der Waals surface area contributed by atoms with Crippen LogP contribution >= 0.6 is 0 Å². The van der Waals surface area contributed by atoms with Crippen molar-refractivity contribution >= 4 is 11.7 Å². The lowest BCUT2D eigenvalue weighted by atomic mass is 10.2. The molecule has 1 aromatic carbocycles. The first-order chi connectivity index (χ1) is 9.45. The molecule has 2 N–H and O–H groups in total. The molecule has 0 bridgehead atoms. The highest BCUT2D eigenvalue weighted by molar-refractivity contribution is 5.90. The summed E-state index contributed by atoms with van der Waals surface area (Å²) in [4.78, 5) is 11.8. The van der Waals surface area contributed by atoms with Crippen molar-refractivity contribution in [1.82, 2.24) is 9.78 Å². The van der Waals surface area contributed by atoms with Gasteiger partial charge in [-0.1, -0.05) is 0 Å². The average Bonchev–Trinajstić information content (AvgIpc) is 2.83. The SMILES string of the molecule is CC(C)n1ccc(COC(=O)c2cc(N)cc(F)c2)n1. The Bertz CT molecular complexity index is 602. The van der Waals surface area contributed by atoms with Crippen molar-refractivity contribution in [3.05, 3.63) is 47.5 Å². The maximum Gasteiger partial charge on any atom is 0.338 e. The second-order valence-corrected chi connectivity index (χ2v) is 4.73. The van der Waals surface area contributed by atoms with Crippen LogP contribution in [0, 0.1) is 5.82 Å². The number of hydrogen-bond acceptors (Lipinski definition) is 4. The number of anilines is 1. The molecule has 0 radical (unpaired) electrons. The fourth-order valence-electron chi connectivity index (χ4n) is 1.69. The Labute approximate surface area is 116 Å². The molecule has 0 amide bonds. The molecule has 5 nitrogen and oxygen atoms in total. The number of aromatic nitrogens is 2. The van der Waals surface area contributed by atoms with Crippen LogP contribution in [0.4, 0.5) is 10.1 Å². The van der Waals surface area contributed by atoms with Gasteiger partial charge >= 0.3 is 5.97 Å². The van der Waals surface area contributed by atoms with Crippen molar-refractivity contribution in [2.24, 2.45) is 0 Å². The molecule has 0 aliphatic carbocycles. The molecule has 0 aliphatic rings. The highest BCUT2D eigenvalue weighted by Crippen LogP contribution is 2.13. The van der Waals surface area contributed by atoms with Gasteiger partial charge in [0.15, 0.2) is 0 Å². The number of rotatable bonds is 4. The Morgan fingerprint density at radius 2 is 2.20 bits per heavy atom. The Balaban J connectivity index is 2.00. The molecule has 0 fully saturated rings. The molecule has 0 unspecified atom stereocenters. The molecular weight excluding hydrogens is 261 g/mol. The van der Waals surface area contributed by atoms with Crippen LogP contribution in [0.1, 0.15) is 35.9 Å². The third-order valence-corrected chi connectivity index (χ3v) is 2.70. The first-order valence-electron chi connectivity index (χ1n) is 6.23. The quantitative estimate of drug-likeness (QED) is 0.688. The number of halogens is 1. The van der Waals surface area contributed by atoms with Gasteiger partial charge < -0.3 is 10.5 Å². The van der Waals surface area contributed by atoms with Gasteiger partial charge in [-0.2, -0.15) is 5.10 Å². The zero-order valence-corrected chi connectivity index (χ0v) is 11.3. The topological polar surface area (TPSA) is 70.1 Å². The van der Waals surface area contributed by atoms with Crippen molar-refractivity contribution in [3.63, 3.8) is 0 Å². The van der Waals surface area contributed by atoms with Gasteiger partial charge in [0.1, 0.15) is 12.4 Å². The largest absolute Gasteiger partial charge is 0.456 e. The van der Waals surface area contributed by atoms with Crippen LogP contribution in [0.15, 0.2) is 30.5 Å². The summed E-state index contributed by atoms with van der Waals surface area (Å²) in [5.41, 5.74) is 6.38. The van der Waals surface area contributed by atoms with Crippen molar-refractivity contribution in [3.8, 4) is 0 Å². The van der Waals surface area contributed by atoms with Gasteiger partial charge in [-0.05, 0) is 38.1 Å². The number of nitrogen functional groups attached to an aromatic ring is 1. The molecule has 20 heavy (non-hydrogen) atoms. The highest BCUT2D eigenvalue weighted by Gasteiger charge is 2.11. The lowest BCUT2D eigenvalue weighted by molar-refractivity contribution is 0.0466. The van der Waals surface area contributed by atoms with E-state index in [2.05, 4.69) is 5.10 Å². The molecule has 1 heterocycles. The molecule has 0 saturated heterocycles. The molecule has 6 heteroatoms. The van der Waals surface area contributed by atoms with E-state index in [9.17, 15) is 9.18 Å². The summed E-state index contributed by atoms with van der Waals surface area (Å²) in [5, 5.41) is 4.25. The maximum absolute atomic E-state index is 13.1. The molecule has 0 atom stereocenters. The van der Waals surface area contributed by atoms with Crippen molar-refractivity contribution in [2.75, 3.05) is 5.73 Å². The number of benzene rings is 1. The fourth-order valence-corrected chi connectivity index (χ4v) is 1.69. The second kappa shape index (κ2) is 5.73. The Morgan fingerprint density at radius 1 is 1.45 bits per heavy atom. The minimum Gasteiger partial charge on any atom is -0.456 e. The molecular formula is C14H16FN3O2.